The van der Waals surface area contributed by atoms with E-state index in [1.54, 1.807) is 18.3 Å². The van der Waals surface area contributed by atoms with Crippen LogP contribution >= 0.6 is 27.7 Å². The molecular formula is C10H12BrN3O3S. The van der Waals surface area contributed by atoms with Crippen LogP contribution in [0.3, 0.4) is 0 Å². The number of rotatable bonds is 6. The number of nitrogens with one attached hydrogen (secondary N) is 1. The molecular weight excluding hydrogens is 322 g/mol. The quantitative estimate of drug-likeness (QED) is 0.715. The van der Waals surface area contributed by atoms with E-state index in [0.717, 1.165) is 4.47 Å². The summed E-state index contributed by atoms with van der Waals surface area (Å²) < 4.78 is 0.822. The molecule has 0 saturated carbocycles. The monoisotopic (exact) mass is 333 g/mol. The molecule has 0 radical (unpaired) electrons. The van der Waals surface area contributed by atoms with Gasteiger partial charge in [0.05, 0.1) is 5.75 Å². The van der Waals surface area contributed by atoms with Gasteiger partial charge in [-0.15, -0.1) is 11.8 Å². The van der Waals surface area contributed by atoms with Crippen molar-refractivity contribution in [3.63, 3.8) is 0 Å². The van der Waals surface area contributed by atoms with Crippen molar-refractivity contribution in [3.05, 3.63) is 22.8 Å². The average molecular weight is 334 g/mol. The van der Waals surface area contributed by atoms with Crippen LogP contribution < -0.4 is 11.1 Å². The van der Waals surface area contributed by atoms with E-state index in [4.69, 9.17) is 10.8 Å². The Kier molecular flexibility index (Phi) is 6.10. The van der Waals surface area contributed by atoms with Crippen molar-refractivity contribution in [1.82, 2.24) is 4.98 Å². The zero-order chi connectivity index (χ0) is 13.5. The number of nitrogens with zero attached hydrogens (tertiary/aromatic N) is 1. The van der Waals surface area contributed by atoms with Crippen LogP contribution in [0.1, 0.15) is 0 Å². The molecule has 1 atom stereocenters. The molecule has 0 aromatic carbocycles. The van der Waals surface area contributed by atoms with Crippen molar-refractivity contribution in [3.8, 4) is 0 Å². The fourth-order valence-corrected chi connectivity index (χ4v) is 1.99. The van der Waals surface area contributed by atoms with E-state index in [1.165, 1.54) is 11.8 Å². The predicted octanol–water partition coefficient (Wildman–Crippen LogP) is 0.928. The normalized spacial score (nSPS) is 11.9. The van der Waals surface area contributed by atoms with Crippen molar-refractivity contribution in [2.75, 3.05) is 16.8 Å². The SMILES string of the molecule is N[C@H](CSCC(=O)Nc1ccc(Br)cn1)C(=O)O. The number of carbonyl (C=O) groups excluding carboxylic acids is 1. The minimum atomic E-state index is -1.07. The molecule has 98 valence electrons. The number of hydrogen-bond donors (Lipinski definition) is 3. The van der Waals surface area contributed by atoms with E-state index in [2.05, 4.69) is 26.2 Å². The number of hydrogen-bond acceptors (Lipinski definition) is 5. The number of aromatic nitrogens is 1. The number of carboxylic acid groups (broad SMARTS) is 1. The number of carboxylic acids is 1. The highest BCUT2D eigenvalue weighted by atomic mass is 79.9. The van der Waals surface area contributed by atoms with Gasteiger partial charge in [0.2, 0.25) is 5.91 Å². The molecule has 1 aromatic heterocycles. The van der Waals surface area contributed by atoms with Gasteiger partial charge in [0.25, 0.3) is 0 Å². The van der Waals surface area contributed by atoms with Gasteiger partial charge in [0.15, 0.2) is 0 Å². The molecule has 1 rings (SSSR count). The summed E-state index contributed by atoms with van der Waals surface area (Å²) in [5, 5.41) is 11.1. The summed E-state index contributed by atoms with van der Waals surface area (Å²) in [4.78, 5) is 25.9. The van der Waals surface area contributed by atoms with Gasteiger partial charge in [-0.2, -0.15) is 0 Å². The Morgan fingerprint density at radius 2 is 2.28 bits per heavy atom. The maximum atomic E-state index is 11.5. The fraction of sp³-hybridized carbons (Fsp3) is 0.300. The number of pyridine rings is 1. The Morgan fingerprint density at radius 1 is 1.56 bits per heavy atom. The van der Waals surface area contributed by atoms with E-state index >= 15 is 0 Å². The number of amides is 1. The van der Waals surface area contributed by atoms with E-state index in [9.17, 15) is 9.59 Å². The lowest BCUT2D eigenvalue weighted by Crippen LogP contribution is -2.33. The van der Waals surface area contributed by atoms with Gasteiger partial charge in [-0.05, 0) is 28.1 Å². The van der Waals surface area contributed by atoms with Crippen molar-refractivity contribution in [2.45, 2.75) is 6.04 Å². The Bertz CT molecular complexity index is 427. The van der Waals surface area contributed by atoms with Gasteiger partial charge < -0.3 is 16.2 Å². The van der Waals surface area contributed by atoms with E-state index < -0.39 is 12.0 Å². The third-order valence-electron chi connectivity index (χ3n) is 1.84. The first-order valence-corrected chi connectivity index (χ1v) is 6.91. The summed E-state index contributed by atoms with van der Waals surface area (Å²) >= 11 is 4.40. The molecule has 0 aliphatic rings. The molecule has 1 amide bonds. The second-order valence-corrected chi connectivity index (χ2v) is 5.32. The molecule has 0 saturated heterocycles. The Labute approximate surface area is 116 Å². The first kappa shape index (κ1) is 14.9. The second-order valence-electron chi connectivity index (χ2n) is 3.37. The molecule has 8 heteroatoms. The van der Waals surface area contributed by atoms with Crippen LogP contribution in [0.15, 0.2) is 22.8 Å². The van der Waals surface area contributed by atoms with Gasteiger partial charge in [-0.25, -0.2) is 4.98 Å². The second kappa shape index (κ2) is 7.34. The van der Waals surface area contributed by atoms with Gasteiger partial charge >= 0.3 is 5.97 Å². The van der Waals surface area contributed by atoms with Crippen molar-refractivity contribution in [1.29, 1.82) is 0 Å². The molecule has 18 heavy (non-hydrogen) atoms. The Balaban J connectivity index is 2.30. The Hall–Kier alpha value is -1.12. The van der Waals surface area contributed by atoms with E-state index in [-0.39, 0.29) is 17.4 Å². The van der Waals surface area contributed by atoms with Crippen molar-refractivity contribution in [2.24, 2.45) is 5.73 Å². The molecule has 6 nitrogen and oxygen atoms in total. The summed E-state index contributed by atoms with van der Waals surface area (Å²) in [5.41, 5.74) is 5.30. The van der Waals surface area contributed by atoms with E-state index in [1.807, 2.05) is 0 Å². The number of nitrogens with two attached hydrogens (primary N) is 1. The maximum absolute atomic E-state index is 11.5. The topological polar surface area (TPSA) is 105 Å². The van der Waals surface area contributed by atoms with Gasteiger partial charge in [0.1, 0.15) is 11.9 Å². The highest BCUT2D eigenvalue weighted by Crippen LogP contribution is 2.11. The minimum Gasteiger partial charge on any atom is -0.480 e. The summed E-state index contributed by atoms with van der Waals surface area (Å²) in [6.45, 7) is 0. The highest BCUT2D eigenvalue weighted by molar-refractivity contribution is 9.10. The first-order valence-electron chi connectivity index (χ1n) is 4.96. The largest absolute Gasteiger partial charge is 0.480 e. The molecule has 0 spiro atoms. The lowest BCUT2D eigenvalue weighted by molar-refractivity contribution is -0.137. The van der Waals surface area contributed by atoms with Gasteiger partial charge in [-0.3, -0.25) is 9.59 Å². The maximum Gasteiger partial charge on any atom is 0.321 e. The fourth-order valence-electron chi connectivity index (χ4n) is 0.979. The van der Waals surface area contributed by atoms with Crippen LogP contribution in [0, 0.1) is 0 Å². The molecule has 0 unspecified atom stereocenters. The standard InChI is InChI=1S/C10H12BrN3O3S/c11-6-1-2-8(13-3-6)14-9(15)5-18-4-7(12)10(16)17/h1-3,7H,4-5,12H2,(H,16,17)(H,13,14,15)/t7-/m1/s1. The highest BCUT2D eigenvalue weighted by Gasteiger charge is 2.12. The Morgan fingerprint density at radius 3 is 2.83 bits per heavy atom. The van der Waals surface area contributed by atoms with Gasteiger partial charge in [0, 0.05) is 16.4 Å². The number of anilines is 1. The van der Waals surface area contributed by atoms with Crippen LogP contribution in [0.2, 0.25) is 0 Å². The zero-order valence-electron chi connectivity index (χ0n) is 9.30. The van der Waals surface area contributed by atoms with Crippen LogP contribution in [-0.2, 0) is 9.59 Å². The molecule has 0 aliphatic carbocycles. The van der Waals surface area contributed by atoms with E-state index in [0.29, 0.717) is 5.82 Å². The molecule has 0 aliphatic heterocycles. The predicted molar refractivity (Wildman–Crippen MR) is 73.5 cm³/mol. The third-order valence-corrected chi connectivity index (χ3v) is 3.37. The summed E-state index contributed by atoms with van der Waals surface area (Å²) in [6.07, 6.45) is 1.57. The molecule has 0 bridgehead atoms. The lowest BCUT2D eigenvalue weighted by Gasteiger charge is -2.06. The van der Waals surface area contributed by atoms with Crippen LogP contribution in [-0.4, -0.2) is 39.5 Å². The molecule has 1 heterocycles. The minimum absolute atomic E-state index is 0.138. The molecule has 1 aromatic rings. The summed E-state index contributed by atoms with van der Waals surface area (Å²) in [6, 6.07) is 2.47. The van der Waals surface area contributed by atoms with Crippen molar-refractivity contribution < 1.29 is 14.7 Å². The lowest BCUT2D eigenvalue weighted by atomic mass is 10.4. The average Bonchev–Trinajstić information content (AvgIpc) is 2.32. The van der Waals surface area contributed by atoms with Crippen molar-refractivity contribution >= 4 is 45.4 Å². The molecule has 0 fully saturated rings. The van der Waals surface area contributed by atoms with Crippen LogP contribution in [0.5, 0.6) is 0 Å². The summed E-state index contributed by atoms with van der Waals surface area (Å²) in [7, 11) is 0. The van der Waals surface area contributed by atoms with Crippen LogP contribution in [0.25, 0.3) is 0 Å². The molecule has 4 N–H and O–H groups in total. The number of aliphatic carboxylic acids is 1. The van der Waals surface area contributed by atoms with Gasteiger partial charge in [-0.1, -0.05) is 0 Å². The number of thioether (sulfide) groups is 1. The summed E-state index contributed by atoms with van der Waals surface area (Å²) in [5.74, 6) is -0.536. The first-order chi connectivity index (χ1) is 8.49. The smallest absolute Gasteiger partial charge is 0.321 e. The zero-order valence-corrected chi connectivity index (χ0v) is 11.7. The third kappa shape index (κ3) is 5.48. The number of halogens is 1. The van der Waals surface area contributed by atoms with Crippen LogP contribution in [0.4, 0.5) is 5.82 Å². The number of carbonyl (C=O) groups is 2.